The summed E-state index contributed by atoms with van der Waals surface area (Å²) in [6.45, 7) is 6.78. The highest BCUT2D eigenvalue weighted by Crippen LogP contribution is 2.38. The van der Waals surface area contributed by atoms with E-state index in [4.69, 9.17) is 24.7 Å². The summed E-state index contributed by atoms with van der Waals surface area (Å²) < 4.78 is 23.2. The Labute approximate surface area is 381 Å². The largest absolute Gasteiger partial charge is 0.481 e. The van der Waals surface area contributed by atoms with Crippen LogP contribution >= 0.6 is 0 Å². The standard InChI is InChI=1S/C47H75NO17/c1-27-17-15-13-11-9-7-5-6-8-10-12-14-16-18-34(64-46-44(58)41(48)43(57)30(4)63-46)24-38-40(45(59)60)37(54)26-47(61,65-38)25-36(53)35(52)20-19-31(49)21-32(50)22-33(51)23-39(55)62-29(3)28(2)42(27)56/h5-6,8,10-18,27-38,40-44,46,49-54,56-58,61H,7,9,19-26,48H2,1-4H3,(H,59,60)/b6-5+,10-8+,13-11-,14-12+,17-15+,18-16+/t27?,28?,29?,30-,31?,32?,33?,34?,35?,36?,37?,38?,40?,41+,42?,43-,44+,46+,47?/m1/s1. The van der Waals surface area contributed by atoms with Gasteiger partial charge in [0.1, 0.15) is 18.1 Å². The molecule has 3 aliphatic rings. The highest BCUT2D eigenvalue weighted by atomic mass is 16.7. The first-order valence-corrected chi connectivity index (χ1v) is 22.6. The van der Waals surface area contributed by atoms with Crippen LogP contribution < -0.4 is 5.73 Å². The van der Waals surface area contributed by atoms with Crippen LogP contribution in [0.15, 0.2) is 72.9 Å². The lowest BCUT2D eigenvalue weighted by Gasteiger charge is -2.45. The Morgan fingerprint density at radius 3 is 1.94 bits per heavy atom. The Kier molecular flexibility index (Phi) is 23.8. The lowest BCUT2D eigenvalue weighted by Crippen LogP contribution is -2.61. The van der Waals surface area contributed by atoms with Crippen molar-refractivity contribution in [2.24, 2.45) is 23.5 Å². The molecular formula is C47H75NO17. The Morgan fingerprint density at radius 2 is 1.28 bits per heavy atom. The van der Waals surface area contributed by atoms with Crippen molar-refractivity contribution >= 4 is 11.9 Å². The van der Waals surface area contributed by atoms with Crippen LogP contribution in [0.3, 0.4) is 0 Å². The van der Waals surface area contributed by atoms with E-state index in [0.717, 1.165) is 12.8 Å². The molecule has 0 radical (unpaired) electrons. The Morgan fingerprint density at radius 1 is 0.692 bits per heavy atom. The van der Waals surface area contributed by atoms with Gasteiger partial charge in [0.15, 0.2) is 12.1 Å². The number of cyclic esters (lactones) is 1. The van der Waals surface area contributed by atoms with Gasteiger partial charge < -0.3 is 80.9 Å². The summed E-state index contributed by atoms with van der Waals surface area (Å²) >= 11 is 0. The predicted octanol–water partition coefficient (Wildman–Crippen LogP) is 0.936. The van der Waals surface area contributed by atoms with Gasteiger partial charge in [0.25, 0.3) is 0 Å². The minimum absolute atomic E-state index is 0.138. The minimum atomic E-state index is -2.35. The summed E-state index contributed by atoms with van der Waals surface area (Å²) in [6, 6.07) is -1.14. The van der Waals surface area contributed by atoms with Gasteiger partial charge in [0.2, 0.25) is 0 Å². The van der Waals surface area contributed by atoms with E-state index in [0.29, 0.717) is 0 Å². The maximum Gasteiger partial charge on any atom is 0.311 e. The van der Waals surface area contributed by atoms with E-state index in [1.807, 2.05) is 49.5 Å². The fraction of sp³-hybridized carbons (Fsp3) is 0.702. The first-order valence-electron chi connectivity index (χ1n) is 22.6. The van der Waals surface area contributed by atoms with E-state index in [9.17, 15) is 65.8 Å². The summed E-state index contributed by atoms with van der Waals surface area (Å²) in [4.78, 5) is 25.1. The number of nitrogens with two attached hydrogens (primary N) is 1. The minimum Gasteiger partial charge on any atom is -0.481 e. The van der Waals surface area contributed by atoms with E-state index in [-0.39, 0.29) is 38.0 Å². The van der Waals surface area contributed by atoms with Crippen molar-refractivity contribution in [2.75, 3.05) is 0 Å². The molecule has 0 aromatic carbocycles. The number of aliphatic hydroxyl groups is 10. The Balaban J connectivity index is 1.84. The van der Waals surface area contributed by atoms with Crippen LogP contribution in [0.1, 0.15) is 91.9 Å². The third-order valence-electron chi connectivity index (χ3n) is 12.2. The molecule has 0 amide bonds. The molecule has 0 saturated carbocycles. The molecule has 3 rings (SSSR count). The van der Waals surface area contributed by atoms with E-state index in [1.165, 1.54) is 13.0 Å². The summed E-state index contributed by atoms with van der Waals surface area (Å²) in [6.07, 6.45) is 2.28. The number of rotatable bonds is 3. The summed E-state index contributed by atoms with van der Waals surface area (Å²) in [7, 11) is 0. The predicted molar refractivity (Wildman–Crippen MR) is 237 cm³/mol. The summed E-state index contributed by atoms with van der Waals surface area (Å²) in [5, 5.41) is 118. The highest BCUT2D eigenvalue weighted by molar-refractivity contribution is 5.71. The van der Waals surface area contributed by atoms with Crippen molar-refractivity contribution in [3.8, 4) is 0 Å². The van der Waals surface area contributed by atoms with Crippen LogP contribution in [-0.4, -0.2) is 166 Å². The van der Waals surface area contributed by atoms with Gasteiger partial charge in [0, 0.05) is 31.1 Å². The molecule has 2 bridgehead atoms. The molecular weight excluding hydrogens is 851 g/mol. The number of allylic oxidation sites excluding steroid dienone is 10. The molecule has 2 saturated heterocycles. The van der Waals surface area contributed by atoms with Crippen LogP contribution in [0.2, 0.25) is 0 Å². The molecule has 2 fully saturated rings. The van der Waals surface area contributed by atoms with Gasteiger partial charge in [-0.15, -0.1) is 0 Å². The second-order valence-corrected chi connectivity index (χ2v) is 17.8. The first kappa shape index (κ1) is 56.1. The molecule has 18 nitrogen and oxygen atoms in total. The van der Waals surface area contributed by atoms with E-state index in [2.05, 4.69) is 0 Å². The molecule has 370 valence electrons. The molecule has 0 aliphatic carbocycles. The summed E-state index contributed by atoms with van der Waals surface area (Å²) in [5.41, 5.74) is 6.02. The van der Waals surface area contributed by atoms with E-state index >= 15 is 0 Å². The van der Waals surface area contributed by atoms with Gasteiger partial charge in [-0.2, -0.15) is 0 Å². The number of carbonyl (C=O) groups is 2. The topological polar surface area (TPSA) is 320 Å². The Bertz CT molecular complexity index is 1620. The zero-order valence-electron chi connectivity index (χ0n) is 37.8. The van der Waals surface area contributed by atoms with Gasteiger partial charge in [0.05, 0.1) is 79.6 Å². The third-order valence-corrected chi connectivity index (χ3v) is 12.2. The fourth-order valence-electron chi connectivity index (χ4n) is 8.11. The molecule has 18 heteroatoms. The second-order valence-electron chi connectivity index (χ2n) is 17.8. The number of carbonyl (C=O) groups excluding carboxylic acids is 1. The van der Waals surface area contributed by atoms with Gasteiger partial charge in [-0.1, -0.05) is 86.8 Å². The van der Waals surface area contributed by atoms with Crippen LogP contribution in [0.4, 0.5) is 0 Å². The molecule has 0 aromatic heterocycles. The quantitative estimate of drug-likeness (QED) is 0.175. The number of aliphatic carboxylic acids is 1. The number of esters is 1. The number of fused-ring (bicyclic) bond motifs is 2. The number of hydrogen-bond acceptors (Lipinski definition) is 17. The van der Waals surface area contributed by atoms with Crippen molar-refractivity contribution < 1.29 is 84.7 Å². The zero-order chi connectivity index (χ0) is 48.4. The smallest absolute Gasteiger partial charge is 0.311 e. The molecule has 0 aromatic rings. The number of carboxylic acid groups (broad SMARTS) is 1. The highest BCUT2D eigenvalue weighted by Gasteiger charge is 2.51. The number of ether oxygens (including phenoxy) is 4. The zero-order valence-corrected chi connectivity index (χ0v) is 37.8. The lowest BCUT2D eigenvalue weighted by molar-refractivity contribution is -0.310. The first-order chi connectivity index (χ1) is 30.6. The number of carboxylic acids is 1. The van der Waals surface area contributed by atoms with Gasteiger partial charge in [-0.3, -0.25) is 9.59 Å². The monoisotopic (exact) mass is 926 g/mol. The van der Waals surface area contributed by atoms with E-state index in [1.54, 1.807) is 38.2 Å². The average Bonchev–Trinajstić information content (AvgIpc) is 3.21. The third kappa shape index (κ3) is 18.8. The maximum atomic E-state index is 12.6. The normalized spacial score (nSPS) is 45.2. The maximum absolute atomic E-state index is 12.6. The van der Waals surface area contributed by atoms with Crippen LogP contribution in [-0.2, 0) is 28.5 Å². The van der Waals surface area contributed by atoms with Crippen molar-refractivity contribution in [1.82, 2.24) is 0 Å². The number of aliphatic hydroxyl groups excluding tert-OH is 9. The SMILES string of the molecule is CC1/C=C/C=C\CC/C=C/C=C/C=C/C=C/C(O[C@@H]2O[C@H](C)[C@@H](O)[C@H](N)[C@@H]2O)CC2OC(O)(CC(O)C(O)CCC(O)CC(O)CC(O)CC(=O)OC(C)C(C)C1O)CC(O)C2C(=O)O. The molecule has 14 unspecified atom stereocenters. The molecule has 13 N–H and O–H groups in total. The Hall–Kier alpha value is -3.18. The van der Waals surface area contributed by atoms with Crippen molar-refractivity contribution in [1.29, 1.82) is 0 Å². The van der Waals surface area contributed by atoms with Crippen LogP contribution in [0.5, 0.6) is 0 Å². The van der Waals surface area contributed by atoms with Gasteiger partial charge in [-0.25, -0.2) is 0 Å². The lowest BCUT2D eigenvalue weighted by atomic mass is 9.82. The van der Waals surface area contributed by atoms with Crippen molar-refractivity contribution in [3.05, 3.63) is 72.9 Å². The molecule has 0 spiro atoms. The molecule has 3 heterocycles. The van der Waals surface area contributed by atoms with Crippen LogP contribution in [0.25, 0.3) is 0 Å². The fourth-order valence-corrected chi connectivity index (χ4v) is 8.11. The van der Waals surface area contributed by atoms with Gasteiger partial charge >= 0.3 is 11.9 Å². The van der Waals surface area contributed by atoms with Gasteiger partial charge in [-0.05, 0) is 52.4 Å². The molecule has 19 atom stereocenters. The van der Waals surface area contributed by atoms with Crippen molar-refractivity contribution in [2.45, 2.75) is 189 Å². The average molecular weight is 926 g/mol. The molecule has 3 aliphatic heterocycles. The molecule has 65 heavy (non-hydrogen) atoms. The second kappa shape index (κ2) is 27.6. The number of hydrogen-bond donors (Lipinski definition) is 12. The van der Waals surface area contributed by atoms with Crippen LogP contribution in [0, 0.1) is 17.8 Å². The summed E-state index contributed by atoms with van der Waals surface area (Å²) in [5.74, 6) is -6.82. The van der Waals surface area contributed by atoms with Crippen molar-refractivity contribution in [3.63, 3.8) is 0 Å². The van der Waals surface area contributed by atoms with E-state index < -0.39 is 141 Å².